The molecule has 2 rings (SSSR count). The van der Waals surface area contributed by atoms with E-state index in [9.17, 15) is 0 Å². The van der Waals surface area contributed by atoms with Crippen LogP contribution in [0.4, 0.5) is 5.69 Å². The summed E-state index contributed by atoms with van der Waals surface area (Å²) in [6.07, 6.45) is 1.71. The largest absolute Gasteiger partial charge is 0.497 e. The second-order valence-electron chi connectivity index (χ2n) is 3.31. The van der Waals surface area contributed by atoms with Crippen molar-refractivity contribution in [2.24, 2.45) is 5.84 Å². The van der Waals surface area contributed by atoms with E-state index in [2.05, 4.69) is 10.4 Å². The third-order valence-corrected chi connectivity index (χ3v) is 2.29. The van der Waals surface area contributed by atoms with E-state index >= 15 is 0 Å². The van der Waals surface area contributed by atoms with Crippen LogP contribution in [0.1, 0.15) is 0 Å². The Kier molecular flexibility index (Phi) is 3.03. The van der Waals surface area contributed by atoms with Crippen molar-refractivity contribution in [1.82, 2.24) is 4.98 Å². The van der Waals surface area contributed by atoms with Crippen molar-refractivity contribution < 1.29 is 4.74 Å². The van der Waals surface area contributed by atoms with E-state index in [0.717, 1.165) is 22.7 Å². The maximum Gasteiger partial charge on any atom is 0.119 e. The zero-order valence-corrected chi connectivity index (χ0v) is 8.97. The lowest BCUT2D eigenvalue weighted by molar-refractivity contribution is 0.415. The normalized spacial score (nSPS) is 9.88. The van der Waals surface area contributed by atoms with Gasteiger partial charge >= 0.3 is 0 Å². The molecule has 0 amide bonds. The Morgan fingerprint density at radius 2 is 2.12 bits per heavy atom. The topological polar surface area (TPSA) is 60.2 Å². The Balaban J connectivity index is 2.41. The molecular weight excluding hydrogens is 202 g/mol. The van der Waals surface area contributed by atoms with Crippen LogP contribution < -0.4 is 16.0 Å². The molecule has 4 heteroatoms. The SMILES string of the molecule is COc1cccc(-c2cc(NN)ccn2)c1. The summed E-state index contributed by atoms with van der Waals surface area (Å²) < 4.78 is 5.16. The van der Waals surface area contributed by atoms with Gasteiger partial charge in [-0.3, -0.25) is 10.8 Å². The monoisotopic (exact) mass is 215 g/mol. The van der Waals surface area contributed by atoms with Gasteiger partial charge in [-0.05, 0) is 24.3 Å². The van der Waals surface area contributed by atoms with E-state index in [-0.39, 0.29) is 0 Å². The summed E-state index contributed by atoms with van der Waals surface area (Å²) >= 11 is 0. The molecule has 0 aliphatic rings. The molecule has 1 heterocycles. The Labute approximate surface area is 94.0 Å². The fraction of sp³-hybridized carbons (Fsp3) is 0.0833. The minimum absolute atomic E-state index is 0.811. The highest BCUT2D eigenvalue weighted by Gasteiger charge is 2.01. The lowest BCUT2D eigenvalue weighted by atomic mass is 10.1. The van der Waals surface area contributed by atoms with Crippen LogP contribution in [-0.4, -0.2) is 12.1 Å². The average Bonchev–Trinajstić information content (AvgIpc) is 2.39. The maximum absolute atomic E-state index is 5.35. The predicted octanol–water partition coefficient (Wildman–Crippen LogP) is 2.04. The molecule has 0 saturated carbocycles. The van der Waals surface area contributed by atoms with Crippen LogP contribution in [0.5, 0.6) is 5.75 Å². The number of hydrogen-bond donors (Lipinski definition) is 2. The van der Waals surface area contributed by atoms with E-state index in [0.29, 0.717) is 0 Å². The minimum atomic E-state index is 0.811. The van der Waals surface area contributed by atoms with Crippen molar-refractivity contribution in [3.63, 3.8) is 0 Å². The lowest BCUT2D eigenvalue weighted by Crippen LogP contribution is -2.06. The second kappa shape index (κ2) is 4.63. The van der Waals surface area contributed by atoms with E-state index < -0.39 is 0 Å². The molecule has 0 unspecified atom stereocenters. The summed E-state index contributed by atoms with van der Waals surface area (Å²) in [5.41, 5.74) is 5.27. The number of hydrazine groups is 1. The number of nitrogens with zero attached hydrogens (tertiary/aromatic N) is 1. The van der Waals surface area contributed by atoms with Gasteiger partial charge in [0.05, 0.1) is 18.5 Å². The van der Waals surface area contributed by atoms with Gasteiger partial charge in [-0.1, -0.05) is 12.1 Å². The summed E-state index contributed by atoms with van der Waals surface area (Å²) in [4.78, 5) is 4.28. The standard InChI is InChI=1S/C12H13N3O/c1-16-11-4-2-3-9(7-11)12-8-10(15-13)5-6-14-12/h2-8H,13H2,1H3,(H,14,15). The Bertz CT molecular complexity index is 440. The molecule has 16 heavy (non-hydrogen) atoms. The van der Waals surface area contributed by atoms with Crippen LogP contribution in [0.25, 0.3) is 11.3 Å². The number of hydrogen-bond acceptors (Lipinski definition) is 4. The van der Waals surface area contributed by atoms with Crippen LogP contribution in [0, 0.1) is 0 Å². The summed E-state index contributed by atoms with van der Waals surface area (Å²) in [6.45, 7) is 0. The summed E-state index contributed by atoms with van der Waals surface area (Å²) in [6, 6.07) is 11.4. The Morgan fingerprint density at radius 1 is 1.25 bits per heavy atom. The van der Waals surface area contributed by atoms with Crippen LogP contribution in [-0.2, 0) is 0 Å². The van der Waals surface area contributed by atoms with Crippen molar-refractivity contribution >= 4 is 5.69 Å². The highest BCUT2D eigenvalue weighted by molar-refractivity contribution is 5.65. The molecule has 82 valence electrons. The van der Waals surface area contributed by atoms with E-state index in [1.165, 1.54) is 0 Å². The van der Waals surface area contributed by atoms with Gasteiger partial charge in [-0.25, -0.2) is 0 Å². The van der Waals surface area contributed by atoms with Crippen molar-refractivity contribution in [3.05, 3.63) is 42.6 Å². The fourth-order valence-electron chi connectivity index (χ4n) is 1.46. The predicted molar refractivity (Wildman–Crippen MR) is 64.0 cm³/mol. The molecule has 4 nitrogen and oxygen atoms in total. The van der Waals surface area contributed by atoms with Gasteiger partial charge in [0.1, 0.15) is 5.75 Å². The van der Waals surface area contributed by atoms with Gasteiger partial charge in [-0.15, -0.1) is 0 Å². The first kappa shape index (κ1) is 10.4. The Hall–Kier alpha value is -2.07. The quantitative estimate of drug-likeness (QED) is 0.607. The second-order valence-corrected chi connectivity index (χ2v) is 3.31. The van der Waals surface area contributed by atoms with Gasteiger partial charge in [0.25, 0.3) is 0 Å². The smallest absolute Gasteiger partial charge is 0.119 e. The molecule has 0 saturated heterocycles. The zero-order valence-electron chi connectivity index (χ0n) is 8.97. The van der Waals surface area contributed by atoms with E-state index in [4.69, 9.17) is 10.6 Å². The molecular formula is C12H13N3O. The summed E-state index contributed by atoms with van der Waals surface area (Å²) in [5, 5.41) is 0. The first-order valence-electron chi connectivity index (χ1n) is 4.90. The van der Waals surface area contributed by atoms with Crippen molar-refractivity contribution in [3.8, 4) is 17.0 Å². The molecule has 1 aromatic carbocycles. The van der Waals surface area contributed by atoms with E-state index in [1.807, 2.05) is 36.4 Å². The maximum atomic E-state index is 5.35. The lowest BCUT2D eigenvalue weighted by Gasteiger charge is -2.05. The third-order valence-electron chi connectivity index (χ3n) is 2.29. The number of anilines is 1. The molecule has 0 aliphatic heterocycles. The first-order valence-corrected chi connectivity index (χ1v) is 4.90. The van der Waals surface area contributed by atoms with Crippen LogP contribution in [0.3, 0.4) is 0 Å². The number of nitrogens with two attached hydrogens (primary N) is 1. The number of benzene rings is 1. The van der Waals surface area contributed by atoms with Crippen molar-refractivity contribution in [2.75, 3.05) is 12.5 Å². The van der Waals surface area contributed by atoms with Gasteiger partial charge in [-0.2, -0.15) is 0 Å². The molecule has 0 radical (unpaired) electrons. The molecule has 0 atom stereocenters. The molecule has 0 aliphatic carbocycles. The third kappa shape index (κ3) is 2.12. The van der Waals surface area contributed by atoms with Gasteiger partial charge in [0.2, 0.25) is 0 Å². The van der Waals surface area contributed by atoms with Gasteiger partial charge < -0.3 is 10.2 Å². The highest BCUT2D eigenvalue weighted by atomic mass is 16.5. The van der Waals surface area contributed by atoms with E-state index in [1.54, 1.807) is 13.3 Å². The fourth-order valence-corrected chi connectivity index (χ4v) is 1.46. The molecule has 2 aromatic rings. The van der Waals surface area contributed by atoms with Gasteiger partial charge in [0, 0.05) is 11.8 Å². The number of methoxy groups -OCH3 is 1. The van der Waals surface area contributed by atoms with Gasteiger partial charge in [0.15, 0.2) is 0 Å². The first-order chi connectivity index (χ1) is 7.83. The number of nitrogens with one attached hydrogen (secondary N) is 1. The van der Waals surface area contributed by atoms with Crippen LogP contribution in [0.2, 0.25) is 0 Å². The molecule has 3 N–H and O–H groups in total. The van der Waals surface area contributed by atoms with Crippen LogP contribution >= 0.6 is 0 Å². The molecule has 0 spiro atoms. The van der Waals surface area contributed by atoms with Crippen LogP contribution in [0.15, 0.2) is 42.6 Å². The average molecular weight is 215 g/mol. The van der Waals surface area contributed by atoms with Crippen molar-refractivity contribution in [1.29, 1.82) is 0 Å². The Morgan fingerprint density at radius 3 is 2.88 bits per heavy atom. The number of rotatable bonds is 3. The summed E-state index contributed by atoms with van der Waals surface area (Å²) in [7, 11) is 1.64. The highest BCUT2D eigenvalue weighted by Crippen LogP contribution is 2.23. The van der Waals surface area contributed by atoms with Crippen molar-refractivity contribution in [2.45, 2.75) is 0 Å². The zero-order chi connectivity index (χ0) is 11.4. The minimum Gasteiger partial charge on any atom is -0.497 e. The molecule has 1 aromatic heterocycles. The molecule has 0 bridgehead atoms. The summed E-state index contributed by atoms with van der Waals surface area (Å²) in [5.74, 6) is 6.16. The number of ether oxygens (including phenoxy) is 1. The number of nitrogen functional groups attached to an aromatic ring is 1. The molecule has 0 fully saturated rings. The number of aromatic nitrogens is 1. The number of pyridine rings is 1.